The molecule has 200 valence electrons. The number of halogens is 3. The molecular weight excluding hydrogens is 515 g/mol. The van der Waals surface area contributed by atoms with Crippen molar-refractivity contribution in [3.05, 3.63) is 34.9 Å². The maximum absolute atomic E-state index is 12.3. The second-order valence-electron chi connectivity index (χ2n) is 7.72. The molecule has 2 heterocycles. The van der Waals surface area contributed by atoms with Crippen molar-refractivity contribution in [2.24, 2.45) is 0 Å². The van der Waals surface area contributed by atoms with Gasteiger partial charge in [-0.25, -0.2) is 17.9 Å². The van der Waals surface area contributed by atoms with Gasteiger partial charge in [0, 0.05) is 19.6 Å². The number of alkyl halides is 3. The van der Waals surface area contributed by atoms with Crippen molar-refractivity contribution in [2.75, 3.05) is 45.1 Å². The summed E-state index contributed by atoms with van der Waals surface area (Å²) < 4.78 is 63.9. The Morgan fingerprint density at radius 2 is 1.64 bits per heavy atom. The number of ether oxygens (including phenoxy) is 1. The summed E-state index contributed by atoms with van der Waals surface area (Å²) >= 11 is 0. The van der Waals surface area contributed by atoms with Crippen molar-refractivity contribution < 1.29 is 55.7 Å². The zero-order valence-electron chi connectivity index (χ0n) is 18.8. The van der Waals surface area contributed by atoms with Gasteiger partial charge in [0.05, 0.1) is 30.1 Å². The summed E-state index contributed by atoms with van der Waals surface area (Å²) in [7, 11) is -3.49. The first-order valence-electron chi connectivity index (χ1n) is 10.5. The molecule has 12 nitrogen and oxygen atoms in total. The lowest BCUT2D eigenvalue weighted by molar-refractivity contribution is -0.192. The van der Waals surface area contributed by atoms with E-state index >= 15 is 0 Å². The average Bonchev–Trinajstić information content (AvgIpc) is 3.02. The van der Waals surface area contributed by atoms with Gasteiger partial charge in [0.25, 0.3) is 11.8 Å². The van der Waals surface area contributed by atoms with Crippen LogP contribution >= 0.6 is 0 Å². The van der Waals surface area contributed by atoms with Crippen molar-refractivity contribution >= 4 is 33.8 Å². The van der Waals surface area contributed by atoms with Crippen LogP contribution in [0.3, 0.4) is 0 Å². The van der Waals surface area contributed by atoms with Crippen molar-refractivity contribution in [2.45, 2.75) is 19.1 Å². The van der Waals surface area contributed by atoms with E-state index in [4.69, 9.17) is 19.7 Å². The van der Waals surface area contributed by atoms with Crippen LogP contribution in [0.5, 0.6) is 0 Å². The fraction of sp³-hybridized carbons (Fsp3) is 0.500. The smallest absolute Gasteiger partial charge is 0.480 e. The van der Waals surface area contributed by atoms with Gasteiger partial charge in [-0.3, -0.25) is 24.2 Å². The summed E-state index contributed by atoms with van der Waals surface area (Å²) in [6, 6.07) is 4.39. The van der Waals surface area contributed by atoms with Crippen LogP contribution in [-0.2, 0) is 30.9 Å². The number of carbonyl (C=O) groups excluding carboxylic acids is 2. The Labute approximate surface area is 203 Å². The Morgan fingerprint density at radius 1 is 1.06 bits per heavy atom. The van der Waals surface area contributed by atoms with E-state index in [1.807, 2.05) is 0 Å². The van der Waals surface area contributed by atoms with Gasteiger partial charge >= 0.3 is 18.1 Å². The van der Waals surface area contributed by atoms with E-state index in [2.05, 4.69) is 9.62 Å². The highest BCUT2D eigenvalue weighted by atomic mass is 32.2. The third kappa shape index (κ3) is 8.54. The zero-order valence-corrected chi connectivity index (χ0v) is 19.6. The highest BCUT2D eigenvalue weighted by Gasteiger charge is 2.38. The van der Waals surface area contributed by atoms with E-state index in [9.17, 15) is 36.0 Å². The third-order valence-electron chi connectivity index (χ3n) is 5.06. The number of aliphatic carboxylic acids is 2. The number of sulfonamides is 1. The summed E-state index contributed by atoms with van der Waals surface area (Å²) in [6.07, 6.45) is -4.59. The SMILES string of the molecule is O=C(O)C(F)(F)F.O=C(O)CN1C(=O)c2ccc(CNS(=O)(=O)CCCN3CCOCC3)cc2C1=O. The Bertz CT molecular complexity index is 1100. The summed E-state index contributed by atoms with van der Waals surface area (Å²) in [5, 5.41) is 16.0. The van der Waals surface area contributed by atoms with E-state index in [1.165, 1.54) is 12.1 Å². The zero-order chi connectivity index (χ0) is 27.1. The standard InChI is InChI=1S/C18H23N3O7S.C2HF3O2/c22-16(23)12-21-17(24)14-3-2-13(10-15(14)18(21)25)11-19-29(26,27)9-1-4-20-5-7-28-8-6-20;3-2(4,5)1(6)7/h2-3,10,19H,1,4-9,11-12H2,(H,22,23);(H,6,7). The first-order valence-corrected chi connectivity index (χ1v) is 12.1. The van der Waals surface area contributed by atoms with Crippen LogP contribution in [-0.4, -0.2) is 104 Å². The monoisotopic (exact) mass is 539 g/mol. The third-order valence-corrected chi connectivity index (χ3v) is 6.47. The van der Waals surface area contributed by atoms with Gasteiger partial charge in [-0.15, -0.1) is 0 Å². The summed E-state index contributed by atoms with van der Waals surface area (Å²) in [6.45, 7) is 2.87. The number of amides is 2. The van der Waals surface area contributed by atoms with E-state index in [1.54, 1.807) is 6.07 Å². The highest BCUT2D eigenvalue weighted by Crippen LogP contribution is 2.24. The van der Waals surface area contributed by atoms with E-state index in [0.29, 0.717) is 36.6 Å². The van der Waals surface area contributed by atoms with Crippen LogP contribution in [0.15, 0.2) is 18.2 Å². The van der Waals surface area contributed by atoms with Crippen molar-refractivity contribution in [1.29, 1.82) is 0 Å². The number of fused-ring (bicyclic) bond motifs is 1. The molecule has 0 aliphatic carbocycles. The quantitative estimate of drug-likeness (QED) is 0.367. The number of carboxylic acids is 2. The number of nitrogens with one attached hydrogen (secondary N) is 1. The lowest BCUT2D eigenvalue weighted by atomic mass is 10.1. The Kier molecular flexibility index (Phi) is 9.92. The van der Waals surface area contributed by atoms with Gasteiger partial charge in [-0.05, 0) is 30.7 Å². The first-order chi connectivity index (χ1) is 16.7. The molecule has 0 bridgehead atoms. The second-order valence-corrected chi connectivity index (χ2v) is 9.65. The molecule has 0 atom stereocenters. The number of carboxylic acid groups (broad SMARTS) is 2. The molecule has 0 spiro atoms. The van der Waals surface area contributed by atoms with Crippen LogP contribution in [0, 0.1) is 0 Å². The molecule has 1 fully saturated rings. The van der Waals surface area contributed by atoms with Gasteiger partial charge < -0.3 is 14.9 Å². The number of imide groups is 1. The molecular formula is C20H24F3N3O9S. The minimum atomic E-state index is -5.08. The minimum absolute atomic E-state index is 0.0148. The van der Waals surface area contributed by atoms with Crippen molar-refractivity contribution in [3.63, 3.8) is 0 Å². The number of benzene rings is 1. The maximum Gasteiger partial charge on any atom is 0.490 e. The molecule has 0 unspecified atom stereocenters. The number of morpholine rings is 1. The molecule has 0 saturated carbocycles. The molecule has 0 aromatic heterocycles. The topological polar surface area (TPSA) is 171 Å². The molecule has 3 N–H and O–H groups in total. The minimum Gasteiger partial charge on any atom is -0.480 e. The maximum atomic E-state index is 12.3. The van der Waals surface area contributed by atoms with Crippen molar-refractivity contribution in [1.82, 2.24) is 14.5 Å². The highest BCUT2D eigenvalue weighted by molar-refractivity contribution is 7.89. The average molecular weight is 539 g/mol. The van der Waals surface area contributed by atoms with Crippen LogP contribution < -0.4 is 4.72 Å². The Balaban J connectivity index is 0.000000572. The molecule has 3 rings (SSSR count). The Hall–Kier alpha value is -3.08. The molecule has 1 aromatic carbocycles. The normalized spacial score (nSPS) is 16.4. The molecule has 0 radical (unpaired) electrons. The number of hydrogen-bond acceptors (Lipinski definition) is 8. The largest absolute Gasteiger partial charge is 0.490 e. The van der Waals surface area contributed by atoms with Gasteiger partial charge in [0.15, 0.2) is 0 Å². The first kappa shape index (κ1) is 29.2. The molecule has 2 aliphatic heterocycles. The number of nitrogens with zero attached hydrogens (tertiary/aromatic N) is 2. The van der Waals surface area contributed by atoms with Crippen LogP contribution in [0.1, 0.15) is 32.7 Å². The molecule has 1 saturated heterocycles. The Morgan fingerprint density at radius 3 is 2.19 bits per heavy atom. The fourth-order valence-corrected chi connectivity index (χ4v) is 4.34. The molecule has 2 aliphatic rings. The number of carbonyl (C=O) groups is 4. The molecule has 1 aromatic rings. The molecule has 36 heavy (non-hydrogen) atoms. The van der Waals surface area contributed by atoms with E-state index in [0.717, 1.165) is 13.1 Å². The second kappa shape index (κ2) is 12.2. The van der Waals surface area contributed by atoms with Gasteiger partial charge in [0.1, 0.15) is 6.54 Å². The van der Waals surface area contributed by atoms with Gasteiger partial charge in [-0.1, -0.05) is 6.07 Å². The molecule has 16 heteroatoms. The van der Waals surface area contributed by atoms with Crippen LogP contribution in [0.4, 0.5) is 13.2 Å². The predicted molar refractivity (Wildman–Crippen MR) is 116 cm³/mol. The van der Waals surface area contributed by atoms with Crippen molar-refractivity contribution in [3.8, 4) is 0 Å². The van der Waals surface area contributed by atoms with E-state index < -0.39 is 46.5 Å². The van der Waals surface area contributed by atoms with Gasteiger partial charge in [-0.2, -0.15) is 13.2 Å². The fourth-order valence-electron chi connectivity index (χ4n) is 3.30. The summed E-state index contributed by atoms with van der Waals surface area (Å²) in [4.78, 5) is 47.0. The number of hydrogen-bond donors (Lipinski definition) is 3. The lowest BCUT2D eigenvalue weighted by Crippen LogP contribution is -2.38. The molecule has 2 amide bonds. The van der Waals surface area contributed by atoms with E-state index in [-0.39, 0.29) is 23.4 Å². The van der Waals surface area contributed by atoms with Crippen LogP contribution in [0.25, 0.3) is 0 Å². The van der Waals surface area contributed by atoms with Gasteiger partial charge in [0.2, 0.25) is 10.0 Å². The lowest BCUT2D eigenvalue weighted by Gasteiger charge is -2.26. The van der Waals surface area contributed by atoms with Crippen LogP contribution in [0.2, 0.25) is 0 Å². The predicted octanol–water partition coefficient (Wildman–Crippen LogP) is 0.142. The summed E-state index contributed by atoms with van der Waals surface area (Å²) in [5.74, 6) is -5.42. The number of rotatable bonds is 9. The summed E-state index contributed by atoms with van der Waals surface area (Å²) in [5.41, 5.74) is 0.715.